The van der Waals surface area contributed by atoms with Crippen LogP contribution in [0, 0.1) is 0 Å². The van der Waals surface area contributed by atoms with Crippen LogP contribution >= 0.6 is 0 Å². The van der Waals surface area contributed by atoms with E-state index in [-0.39, 0.29) is 11.6 Å². The molecule has 0 unspecified atom stereocenters. The van der Waals surface area contributed by atoms with Gasteiger partial charge in [-0.1, -0.05) is 0 Å². The molecule has 0 radical (unpaired) electrons. The van der Waals surface area contributed by atoms with E-state index >= 15 is 0 Å². The van der Waals surface area contributed by atoms with E-state index in [9.17, 15) is 4.79 Å². The Kier molecular flexibility index (Phi) is 6.47. The highest BCUT2D eigenvalue weighted by atomic mass is 16.6. The molecule has 0 heterocycles. The lowest BCUT2D eigenvalue weighted by molar-refractivity contribution is 0.0236. The van der Waals surface area contributed by atoms with Gasteiger partial charge in [-0.2, -0.15) is 0 Å². The lowest BCUT2D eigenvalue weighted by Crippen LogP contribution is -2.44. The van der Waals surface area contributed by atoms with Gasteiger partial charge in [0.1, 0.15) is 5.60 Å². The third-order valence-corrected chi connectivity index (χ3v) is 3.10. The van der Waals surface area contributed by atoms with Gasteiger partial charge in [-0.15, -0.1) is 0 Å². The molecule has 0 aromatic heterocycles. The monoisotopic (exact) mass is 299 g/mol. The molecule has 1 aliphatic carbocycles. The molecule has 1 fully saturated rings. The minimum absolute atomic E-state index is 0.151. The van der Waals surface area contributed by atoms with Crippen LogP contribution in [-0.4, -0.2) is 54.4 Å². The van der Waals surface area contributed by atoms with Crippen LogP contribution in [0.5, 0.6) is 0 Å². The lowest BCUT2D eigenvalue weighted by atomic mass is 10.1. The summed E-state index contributed by atoms with van der Waals surface area (Å²) in [5, 5.41) is 6.81. The van der Waals surface area contributed by atoms with E-state index in [0.29, 0.717) is 6.04 Å². The van der Waals surface area contributed by atoms with Crippen molar-refractivity contribution in [2.24, 2.45) is 0 Å². The molecule has 1 saturated carbocycles. The maximum Gasteiger partial charge on any atom is 0.410 e. The second-order valence-corrected chi connectivity index (χ2v) is 7.83. The molecule has 0 aliphatic heterocycles. The van der Waals surface area contributed by atoms with Crippen LogP contribution in [0.4, 0.5) is 4.79 Å². The molecule has 1 rings (SSSR count). The van der Waals surface area contributed by atoms with Gasteiger partial charge in [0.2, 0.25) is 0 Å². The molecule has 124 valence electrons. The van der Waals surface area contributed by atoms with Crippen molar-refractivity contribution in [3.63, 3.8) is 0 Å². The zero-order valence-electron chi connectivity index (χ0n) is 14.6. The summed E-state index contributed by atoms with van der Waals surface area (Å²) >= 11 is 0. The van der Waals surface area contributed by atoms with E-state index < -0.39 is 5.60 Å². The average Bonchev–Trinajstić information content (AvgIpc) is 3.07. The van der Waals surface area contributed by atoms with Crippen molar-refractivity contribution >= 4 is 6.09 Å². The molecule has 5 nitrogen and oxygen atoms in total. The number of carbonyl (C=O) groups is 1. The molecular weight excluding hydrogens is 266 g/mol. The normalized spacial score (nSPS) is 15.9. The molecule has 0 atom stereocenters. The maximum atomic E-state index is 12.2. The van der Waals surface area contributed by atoms with Gasteiger partial charge in [-0.25, -0.2) is 4.79 Å². The first-order chi connectivity index (χ1) is 9.58. The minimum atomic E-state index is -0.422. The van der Waals surface area contributed by atoms with Gasteiger partial charge in [0.15, 0.2) is 0 Å². The zero-order chi connectivity index (χ0) is 16.1. The third-order valence-electron chi connectivity index (χ3n) is 3.10. The van der Waals surface area contributed by atoms with Gasteiger partial charge < -0.3 is 20.3 Å². The van der Waals surface area contributed by atoms with Crippen molar-refractivity contribution in [1.82, 2.24) is 15.5 Å². The van der Waals surface area contributed by atoms with Crippen LogP contribution in [0.1, 0.15) is 54.4 Å². The Morgan fingerprint density at radius 1 is 1.10 bits per heavy atom. The smallest absolute Gasteiger partial charge is 0.410 e. The summed E-state index contributed by atoms with van der Waals surface area (Å²) < 4.78 is 5.47. The van der Waals surface area contributed by atoms with E-state index in [0.717, 1.165) is 39.0 Å². The Morgan fingerprint density at radius 3 is 2.19 bits per heavy atom. The van der Waals surface area contributed by atoms with E-state index in [2.05, 4.69) is 31.4 Å². The van der Waals surface area contributed by atoms with Crippen molar-refractivity contribution in [3.8, 4) is 0 Å². The summed E-state index contributed by atoms with van der Waals surface area (Å²) in [7, 11) is 0. The molecule has 2 N–H and O–H groups in total. The van der Waals surface area contributed by atoms with Gasteiger partial charge in [-0.05, 0) is 54.4 Å². The van der Waals surface area contributed by atoms with Gasteiger partial charge in [0, 0.05) is 37.8 Å². The number of amides is 1. The minimum Gasteiger partial charge on any atom is -0.444 e. The van der Waals surface area contributed by atoms with E-state index in [4.69, 9.17) is 4.74 Å². The molecule has 0 spiro atoms. The van der Waals surface area contributed by atoms with Crippen LogP contribution in [-0.2, 0) is 4.74 Å². The van der Waals surface area contributed by atoms with Crippen molar-refractivity contribution in [2.45, 2.75) is 71.6 Å². The number of carbonyl (C=O) groups excluding carboxylic acids is 1. The first-order valence-electron chi connectivity index (χ1n) is 8.04. The number of nitrogens with zero attached hydrogens (tertiary/aromatic N) is 1. The van der Waals surface area contributed by atoms with Crippen LogP contribution < -0.4 is 10.6 Å². The van der Waals surface area contributed by atoms with E-state index in [1.807, 2.05) is 25.7 Å². The topological polar surface area (TPSA) is 53.6 Å². The van der Waals surface area contributed by atoms with E-state index in [1.54, 1.807) is 0 Å². The molecular formula is C16H33N3O2. The number of rotatable bonds is 7. The van der Waals surface area contributed by atoms with Gasteiger partial charge in [0.05, 0.1) is 0 Å². The Morgan fingerprint density at radius 2 is 1.71 bits per heavy atom. The quantitative estimate of drug-likeness (QED) is 0.709. The summed E-state index contributed by atoms with van der Waals surface area (Å²) in [6.07, 6.45) is 2.02. The highest BCUT2D eigenvalue weighted by Crippen LogP contribution is 2.27. The van der Waals surface area contributed by atoms with Crippen molar-refractivity contribution in [2.75, 3.05) is 26.2 Å². The number of hydrogen-bond donors (Lipinski definition) is 2. The Balaban J connectivity index is 2.22. The molecule has 0 aromatic carbocycles. The summed E-state index contributed by atoms with van der Waals surface area (Å²) in [6, 6.07) is 0.384. The van der Waals surface area contributed by atoms with Crippen LogP contribution in [0.25, 0.3) is 0 Å². The fourth-order valence-corrected chi connectivity index (χ4v) is 1.98. The van der Waals surface area contributed by atoms with Gasteiger partial charge >= 0.3 is 6.09 Å². The summed E-state index contributed by atoms with van der Waals surface area (Å²) in [6.45, 7) is 15.6. The van der Waals surface area contributed by atoms with E-state index in [1.165, 1.54) is 0 Å². The highest BCUT2D eigenvalue weighted by Gasteiger charge is 2.34. The fraction of sp³-hybridized carbons (Fsp3) is 0.938. The standard InChI is InChI=1S/C16H33N3O2/c1-15(2,3)18-10-9-17-11-12-19(13-7-8-13)14(20)21-16(4,5)6/h13,17-18H,7-12H2,1-6H3. The predicted molar refractivity (Wildman–Crippen MR) is 86.6 cm³/mol. The fourth-order valence-electron chi connectivity index (χ4n) is 1.98. The molecule has 5 heteroatoms. The SMILES string of the molecule is CC(C)(C)NCCNCCN(C(=O)OC(C)(C)C)C1CC1. The Bertz CT molecular complexity index is 327. The predicted octanol–water partition coefficient (Wildman–Crippen LogP) is 2.36. The maximum absolute atomic E-state index is 12.2. The highest BCUT2D eigenvalue weighted by molar-refractivity contribution is 5.69. The van der Waals surface area contributed by atoms with Crippen molar-refractivity contribution < 1.29 is 9.53 Å². The average molecular weight is 299 g/mol. The lowest BCUT2D eigenvalue weighted by Gasteiger charge is -2.27. The summed E-state index contributed by atoms with van der Waals surface area (Å²) in [4.78, 5) is 14.0. The first kappa shape index (κ1) is 18.2. The van der Waals surface area contributed by atoms with Crippen molar-refractivity contribution in [1.29, 1.82) is 0 Å². The second kappa shape index (κ2) is 7.45. The third kappa shape index (κ3) is 8.94. The Hall–Kier alpha value is -0.810. The van der Waals surface area contributed by atoms with Crippen LogP contribution in [0.3, 0.4) is 0 Å². The van der Waals surface area contributed by atoms with Crippen LogP contribution in [0.2, 0.25) is 0 Å². The zero-order valence-corrected chi connectivity index (χ0v) is 14.6. The summed E-state index contributed by atoms with van der Waals surface area (Å²) in [5.74, 6) is 0. The molecule has 21 heavy (non-hydrogen) atoms. The molecule has 0 saturated heterocycles. The molecule has 0 aromatic rings. The first-order valence-corrected chi connectivity index (χ1v) is 8.04. The summed E-state index contributed by atoms with van der Waals surface area (Å²) in [5.41, 5.74) is -0.271. The van der Waals surface area contributed by atoms with Crippen LogP contribution in [0.15, 0.2) is 0 Å². The largest absolute Gasteiger partial charge is 0.444 e. The van der Waals surface area contributed by atoms with Crippen molar-refractivity contribution in [3.05, 3.63) is 0 Å². The number of nitrogens with one attached hydrogen (secondary N) is 2. The van der Waals surface area contributed by atoms with Gasteiger partial charge in [-0.3, -0.25) is 0 Å². The molecule has 1 aliphatic rings. The van der Waals surface area contributed by atoms with Gasteiger partial charge in [0.25, 0.3) is 0 Å². The Labute approximate surface area is 129 Å². The number of ether oxygens (including phenoxy) is 1. The molecule has 0 bridgehead atoms. The molecule has 1 amide bonds. The number of hydrogen-bond acceptors (Lipinski definition) is 4. The second-order valence-electron chi connectivity index (χ2n) is 7.83.